The van der Waals surface area contributed by atoms with E-state index in [-0.39, 0.29) is 63.2 Å². The summed E-state index contributed by atoms with van der Waals surface area (Å²) in [7, 11) is 0. The second-order valence-electron chi connectivity index (χ2n) is 12.0. The predicted molar refractivity (Wildman–Crippen MR) is 189 cm³/mol. The molecular weight excluding hydrogens is 670 g/mol. The smallest absolute Gasteiger partial charge is 0.415 e. The summed E-state index contributed by atoms with van der Waals surface area (Å²) in [5, 5.41) is 23.7. The molecule has 0 spiro atoms. The van der Waals surface area contributed by atoms with Crippen molar-refractivity contribution in [3.05, 3.63) is 119 Å². The Morgan fingerprint density at radius 3 is 1.35 bits per heavy atom. The number of aliphatic carboxylic acids is 2. The van der Waals surface area contributed by atoms with Gasteiger partial charge in [-0.1, -0.05) is 97.1 Å². The molecule has 52 heavy (non-hydrogen) atoms. The number of benzene rings is 4. The van der Waals surface area contributed by atoms with Crippen molar-refractivity contribution in [2.24, 2.45) is 0 Å². The SMILES string of the molecule is O=C(O)CCC(=O)CNC(=O)OCC1c2ccccc2-c2ccccc21.O=C(O)CCNC(=O)NC(=O)OCC1c2ccccc2-c2ccccc21. The third kappa shape index (κ3) is 9.38. The Labute approximate surface area is 299 Å². The molecular formula is C39H37N3O10. The highest BCUT2D eigenvalue weighted by atomic mass is 16.6. The maximum atomic E-state index is 11.9. The highest BCUT2D eigenvalue weighted by Gasteiger charge is 2.30. The van der Waals surface area contributed by atoms with Crippen LogP contribution in [0.3, 0.4) is 0 Å². The Hall–Kier alpha value is -6.50. The van der Waals surface area contributed by atoms with Crippen LogP contribution in [0, 0.1) is 0 Å². The van der Waals surface area contributed by atoms with E-state index in [1.54, 1.807) is 0 Å². The van der Waals surface area contributed by atoms with Gasteiger partial charge >= 0.3 is 30.2 Å². The maximum absolute atomic E-state index is 11.9. The number of ether oxygens (including phenoxy) is 2. The number of nitrogens with one attached hydrogen (secondary N) is 3. The molecule has 4 aromatic rings. The van der Waals surface area contributed by atoms with Crippen LogP contribution < -0.4 is 16.0 Å². The summed E-state index contributed by atoms with van der Waals surface area (Å²) >= 11 is 0. The van der Waals surface area contributed by atoms with Gasteiger partial charge < -0.3 is 30.3 Å². The van der Waals surface area contributed by atoms with Gasteiger partial charge in [0.15, 0.2) is 5.78 Å². The molecule has 13 heteroatoms. The summed E-state index contributed by atoms with van der Waals surface area (Å²) in [5.41, 5.74) is 8.88. The normalized spacial score (nSPS) is 12.1. The van der Waals surface area contributed by atoms with Crippen molar-refractivity contribution < 1.29 is 48.5 Å². The van der Waals surface area contributed by atoms with Gasteiger partial charge in [-0.3, -0.25) is 14.4 Å². The number of hydrogen-bond acceptors (Lipinski definition) is 8. The minimum Gasteiger partial charge on any atom is -0.481 e. The van der Waals surface area contributed by atoms with Gasteiger partial charge in [0.1, 0.15) is 13.2 Å². The van der Waals surface area contributed by atoms with E-state index in [4.69, 9.17) is 19.7 Å². The molecule has 4 amide bonds. The van der Waals surface area contributed by atoms with Gasteiger partial charge in [0.25, 0.3) is 0 Å². The number of urea groups is 1. The first kappa shape index (κ1) is 36.8. The molecule has 2 aliphatic carbocycles. The molecule has 4 aromatic carbocycles. The molecule has 268 valence electrons. The number of carbonyl (C=O) groups excluding carboxylic acids is 4. The van der Waals surface area contributed by atoms with Gasteiger partial charge in [-0.2, -0.15) is 0 Å². The fourth-order valence-corrected chi connectivity index (χ4v) is 6.21. The third-order valence-corrected chi connectivity index (χ3v) is 8.57. The first-order valence-corrected chi connectivity index (χ1v) is 16.6. The average molecular weight is 708 g/mol. The van der Waals surface area contributed by atoms with Crippen molar-refractivity contribution in [1.82, 2.24) is 16.0 Å². The number of carboxylic acids is 2. The predicted octanol–water partition coefficient (Wildman–Crippen LogP) is 5.67. The molecule has 5 N–H and O–H groups in total. The number of carbonyl (C=O) groups is 6. The monoisotopic (exact) mass is 707 g/mol. The van der Waals surface area contributed by atoms with Gasteiger partial charge in [-0.15, -0.1) is 0 Å². The number of hydrogen-bond donors (Lipinski definition) is 5. The maximum Gasteiger partial charge on any atom is 0.415 e. The van der Waals surface area contributed by atoms with Crippen molar-refractivity contribution in [2.45, 2.75) is 31.1 Å². The molecule has 13 nitrogen and oxygen atoms in total. The van der Waals surface area contributed by atoms with Crippen LogP contribution in [-0.4, -0.2) is 72.5 Å². The Balaban J connectivity index is 0.000000201. The molecule has 0 aromatic heterocycles. The number of fused-ring (bicyclic) bond motifs is 6. The van der Waals surface area contributed by atoms with E-state index in [0.717, 1.165) is 44.5 Å². The van der Waals surface area contributed by atoms with Gasteiger partial charge in [0.05, 0.1) is 19.4 Å². The summed E-state index contributed by atoms with van der Waals surface area (Å²) in [6.07, 6.45) is -2.14. The van der Waals surface area contributed by atoms with Crippen LogP contribution in [0.15, 0.2) is 97.1 Å². The van der Waals surface area contributed by atoms with Crippen LogP contribution in [0.1, 0.15) is 53.4 Å². The number of alkyl carbamates (subject to hydrolysis) is 2. The standard InChI is InChI=1S/C20H19NO5.C19H18N2O5/c22-13(9-10-19(23)24)11-21-20(25)26-12-18-16-7-3-1-5-14(16)15-6-2-4-8-17(15)18;22-17(23)9-10-20-18(24)21-19(25)26-11-16-14-7-3-1-5-12(14)13-6-2-4-8-15(13)16/h1-8,18H,9-12H2,(H,21,25)(H,23,24);1-8,16H,9-11H2,(H,22,23)(H2,20,21,24,25). The third-order valence-electron chi connectivity index (χ3n) is 8.57. The average Bonchev–Trinajstić information content (AvgIpc) is 3.63. The Morgan fingerprint density at radius 1 is 0.519 bits per heavy atom. The van der Waals surface area contributed by atoms with E-state index >= 15 is 0 Å². The first-order valence-electron chi connectivity index (χ1n) is 16.6. The zero-order valence-electron chi connectivity index (χ0n) is 28.0. The lowest BCUT2D eigenvalue weighted by Gasteiger charge is -2.14. The summed E-state index contributed by atoms with van der Waals surface area (Å²) < 4.78 is 10.5. The van der Waals surface area contributed by atoms with Crippen LogP contribution in [0.5, 0.6) is 0 Å². The summed E-state index contributed by atoms with van der Waals surface area (Å²) in [6, 6.07) is 31.1. The number of Topliss-reactive ketones (excluding diaryl/α,β-unsaturated/α-hetero) is 1. The molecule has 0 saturated carbocycles. The fourth-order valence-electron chi connectivity index (χ4n) is 6.21. The lowest BCUT2D eigenvalue weighted by atomic mass is 9.98. The number of imide groups is 1. The summed E-state index contributed by atoms with van der Waals surface area (Å²) in [4.78, 5) is 67.5. The van der Waals surface area contributed by atoms with Gasteiger partial charge in [-0.05, 0) is 44.5 Å². The van der Waals surface area contributed by atoms with Gasteiger partial charge in [0.2, 0.25) is 0 Å². The Morgan fingerprint density at radius 2 is 0.923 bits per heavy atom. The first-order chi connectivity index (χ1) is 25.1. The molecule has 6 rings (SSSR count). The topological polar surface area (TPSA) is 197 Å². The minimum absolute atomic E-state index is 0.0455. The van der Waals surface area contributed by atoms with Crippen LogP contribution in [0.4, 0.5) is 14.4 Å². The molecule has 0 radical (unpaired) electrons. The Kier molecular flexibility index (Phi) is 12.3. The minimum atomic E-state index is -1.04. The van der Waals surface area contributed by atoms with E-state index in [0.29, 0.717) is 0 Å². The molecule has 0 aliphatic heterocycles. The second kappa shape index (κ2) is 17.4. The molecule has 0 bridgehead atoms. The van der Waals surface area contributed by atoms with Crippen LogP contribution in [0.25, 0.3) is 22.3 Å². The zero-order valence-corrected chi connectivity index (χ0v) is 28.0. The molecule has 0 unspecified atom stereocenters. The molecule has 2 aliphatic rings. The second-order valence-corrected chi connectivity index (χ2v) is 12.0. The van der Waals surface area contributed by atoms with E-state index in [1.807, 2.05) is 90.2 Å². The van der Waals surface area contributed by atoms with Crippen molar-refractivity contribution in [2.75, 3.05) is 26.3 Å². The van der Waals surface area contributed by atoms with Crippen molar-refractivity contribution >= 4 is 35.9 Å². The fraction of sp³-hybridized carbons (Fsp3) is 0.231. The lowest BCUT2D eigenvalue weighted by Crippen LogP contribution is -2.40. The van der Waals surface area contributed by atoms with Crippen molar-refractivity contribution in [3.8, 4) is 22.3 Å². The molecule has 0 saturated heterocycles. The van der Waals surface area contributed by atoms with Crippen LogP contribution in [0.2, 0.25) is 0 Å². The van der Waals surface area contributed by atoms with Crippen LogP contribution in [-0.2, 0) is 23.9 Å². The van der Waals surface area contributed by atoms with Crippen LogP contribution >= 0.6 is 0 Å². The van der Waals surface area contributed by atoms with E-state index < -0.39 is 30.2 Å². The Bertz CT molecular complexity index is 1890. The zero-order chi connectivity index (χ0) is 37.0. The quantitative estimate of drug-likeness (QED) is 0.122. The summed E-state index contributed by atoms with van der Waals surface area (Å²) in [6.45, 7) is -0.0345. The number of rotatable bonds is 12. The molecule has 0 heterocycles. The molecule has 0 fully saturated rings. The number of carboxylic acid groups (broad SMARTS) is 2. The number of amides is 4. The highest BCUT2D eigenvalue weighted by Crippen LogP contribution is 2.45. The molecule has 0 atom stereocenters. The van der Waals surface area contributed by atoms with Crippen molar-refractivity contribution in [3.63, 3.8) is 0 Å². The lowest BCUT2D eigenvalue weighted by molar-refractivity contribution is -0.138. The van der Waals surface area contributed by atoms with Gasteiger partial charge in [0, 0.05) is 24.8 Å². The van der Waals surface area contributed by atoms with E-state index in [2.05, 4.69) is 22.8 Å². The van der Waals surface area contributed by atoms with Crippen molar-refractivity contribution in [1.29, 1.82) is 0 Å². The number of ketones is 1. The van der Waals surface area contributed by atoms with Gasteiger partial charge in [-0.25, -0.2) is 19.7 Å². The summed E-state index contributed by atoms with van der Waals surface area (Å²) in [5.74, 6) is -2.56. The van der Waals surface area contributed by atoms with E-state index in [1.165, 1.54) is 0 Å². The largest absolute Gasteiger partial charge is 0.481 e. The highest BCUT2D eigenvalue weighted by molar-refractivity contribution is 5.91. The van der Waals surface area contributed by atoms with E-state index in [9.17, 15) is 28.8 Å².